The number of benzene rings is 1. The van der Waals surface area contributed by atoms with Gasteiger partial charge in [0.1, 0.15) is 5.82 Å². The minimum atomic E-state index is -5.43. The number of methoxy groups -OCH3 is 1. The summed E-state index contributed by atoms with van der Waals surface area (Å²) in [6.07, 6.45) is -3.70. The summed E-state index contributed by atoms with van der Waals surface area (Å²) in [4.78, 5) is 22.4. The van der Waals surface area contributed by atoms with Gasteiger partial charge in [0, 0.05) is 11.6 Å². The third-order valence-corrected chi connectivity index (χ3v) is 4.24. The van der Waals surface area contributed by atoms with Crippen LogP contribution in [0, 0.1) is 11.6 Å². The van der Waals surface area contributed by atoms with Crippen LogP contribution in [0.5, 0.6) is 0 Å². The van der Waals surface area contributed by atoms with Crippen LogP contribution >= 0.6 is 0 Å². The molecule has 1 atom stereocenters. The van der Waals surface area contributed by atoms with E-state index in [2.05, 4.69) is 20.7 Å². The Hall–Kier alpha value is -3.81. The number of halogens is 5. The van der Waals surface area contributed by atoms with Gasteiger partial charge in [-0.1, -0.05) is 18.2 Å². The fraction of sp³-hybridized carbons (Fsp3) is 0.263. The number of aliphatic hydroxyl groups is 1. The van der Waals surface area contributed by atoms with Crippen LogP contribution in [-0.4, -0.2) is 52.3 Å². The summed E-state index contributed by atoms with van der Waals surface area (Å²) < 4.78 is 71.6. The zero-order valence-electron chi connectivity index (χ0n) is 17.0. The summed E-state index contributed by atoms with van der Waals surface area (Å²) in [5, 5.41) is 11.4. The number of primary amides is 1. The summed E-state index contributed by atoms with van der Waals surface area (Å²) in [7, 11) is 1.25. The summed E-state index contributed by atoms with van der Waals surface area (Å²) in [6.45, 7) is -1.61. The minimum Gasteiger partial charge on any atom is -0.481 e. The van der Waals surface area contributed by atoms with Crippen molar-refractivity contribution in [1.29, 1.82) is 0 Å². The Kier molecular flexibility index (Phi) is 7.87. The van der Waals surface area contributed by atoms with Crippen molar-refractivity contribution < 1.29 is 36.6 Å². The molecule has 1 heterocycles. The Balaban J connectivity index is 2.25. The van der Waals surface area contributed by atoms with Crippen LogP contribution in [0.15, 0.2) is 41.5 Å². The number of alkyl halides is 3. The van der Waals surface area contributed by atoms with E-state index < -0.39 is 41.7 Å². The van der Waals surface area contributed by atoms with Gasteiger partial charge >= 0.3 is 6.18 Å². The van der Waals surface area contributed by atoms with Crippen molar-refractivity contribution in [3.8, 4) is 0 Å². The van der Waals surface area contributed by atoms with Crippen LogP contribution < -0.4 is 16.8 Å². The Bertz CT molecular complexity index is 1080. The molecule has 0 aliphatic carbocycles. The fourth-order valence-corrected chi connectivity index (χ4v) is 2.33. The van der Waals surface area contributed by atoms with Crippen molar-refractivity contribution in [2.24, 2.45) is 16.5 Å². The van der Waals surface area contributed by atoms with E-state index in [9.17, 15) is 31.9 Å². The lowest BCUT2D eigenvalue weighted by Gasteiger charge is -2.27. The number of aromatic nitrogens is 2. The first-order chi connectivity index (χ1) is 15.4. The van der Waals surface area contributed by atoms with E-state index in [-0.39, 0.29) is 29.5 Å². The fourth-order valence-electron chi connectivity index (χ4n) is 2.33. The molecule has 14 heteroatoms. The van der Waals surface area contributed by atoms with Gasteiger partial charge in [-0.15, -0.1) is 0 Å². The van der Waals surface area contributed by atoms with Crippen molar-refractivity contribution in [3.05, 3.63) is 59.6 Å². The first-order valence-corrected chi connectivity index (χ1v) is 9.04. The van der Waals surface area contributed by atoms with Gasteiger partial charge in [0.25, 0.3) is 11.5 Å². The number of rotatable bonds is 8. The summed E-state index contributed by atoms with van der Waals surface area (Å²) >= 11 is 0. The van der Waals surface area contributed by atoms with Crippen LogP contribution in [0.25, 0.3) is 5.70 Å². The highest BCUT2D eigenvalue weighted by Crippen LogP contribution is 2.30. The van der Waals surface area contributed by atoms with E-state index >= 15 is 0 Å². The molecule has 0 bridgehead atoms. The second kappa shape index (κ2) is 10.2. The number of aliphatic imine (C=N–C) groups is 1. The van der Waals surface area contributed by atoms with Gasteiger partial charge in [-0.05, 0) is 6.07 Å². The monoisotopic (exact) mass is 474 g/mol. The van der Waals surface area contributed by atoms with Crippen LogP contribution in [0.4, 0.5) is 27.8 Å². The maximum atomic E-state index is 14.0. The van der Waals surface area contributed by atoms with Crippen LogP contribution in [-0.2, 0) is 16.1 Å². The van der Waals surface area contributed by atoms with Crippen molar-refractivity contribution >= 4 is 23.3 Å². The molecule has 0 radical (unpaired) electrons. The van der Waals surface area contributed by atoms with Crippen LogP contribution in [0.1, 0.15) is 11.4 Å². The number of hydrogen-bond donors (Lipinski definition) is 4. The quantitative estimate of drug-likeness (QED) is 0.257. The average molecular weight is 474 g/mol. The topological polar surface area (TPSA) is 149 Å². The molecule has 0 aliphatic rings. The maximum absolute atomic E-state index is 14.0. The molecule has 1 aromatic carbocycles. The molecule has 2 aromatic rings. The van der Waals surface area contributed by atoms with E-state index in [0.717, 1.165) is 6.08 Å². The molecule has 0 saturated carbocycles. The third kappa shape index (κ3) is 6.12. The number of carbonyl (C=O) groups excluding carboxylic acids is 1. The molecule has 0 saturated heterocycles. The molecule has 1 unspecified atom stereocenters. The Morgan fingerprint density at radius 1 is 1.24 bits per heavy atom. The predicted molar refractivity (Wildman–Crippen MR) is 107 cm³/mol. The average Bonchev–Trinajstić information content (AvgIpc) is 2.75. The molecule has 6 N–H and O–H groups in total. The SMILES string of the molecule is COC(C=C(N)c1ncc(F)c(NCC(O)(C(N)=O)C(F)(F)F)n1)=NCc1ccccc1F. The highest BCUT2D eigenvalue weighted by atomic mass is 19.4. The Labute approximate surface area is 184 Å². The zero-order valence-corrected chi connectivity index (χ0v) is 17.0. The molecule has 0 aliphatic heterocycles. The molecule has 33 heavy (non-hydrogen) atoms. The first-order valence-electron chi connectivity index (χ1n) is 9.04. The smallest absolute Gasteiger partial charge is 0.428 e. The highest BCUT2D eigenvalue weighted by molar-refractivity contribution is 5.94. The van der Waals surface area contributed by atoms with E-state index in [1.165, 1.54) is 25.3 Å². The third-order valence-electron chi connectivity index (χ3n) is 4.24. The number of carbonyl (C=O) groups is 1. The van der Waals surface area contributed by atoms with E-state index in [1.54, 1.807) is 6.07 Å². The number of nitrogens with two attached hydrogens (primary N) is 2. The predicted octanol–water partition coefficient (Wildman–Crippen LogP) is 1.49. The van der Waals surface area contributed by atoms with Crippen molar-refractivity contribution in [3.63, 3.8) is 0 Å². The van der Waals surface area contributed by atoms with Crippen LogP contribution in [0.2, 0.25) is 0 Å². The molecule has 0 spiro atoms. The number of anilines is 1. The largest absolute Gasteiger partial charge is 0.481 e. The summed E-state index contributed by atoms with van der Waals surface area (Å²) in [6, 6.07) is 5.88. The van der Waals surface area contributed by atoms with Gasteiger partial charge in [-0.2, -0.15) is 13.2 Å². The lowest BCUT2D eigenvalue weighted by Crippen LogP contribution is -2.59. The Morgan fingerprint density at radius 2 is 1.91 bits per heavy atom. The van der Waals surface area contributed by atoms with E-state index in [0.29, 0.717) is 6.20 Å². The zero-order chi connectivity index (χ0) is 24.8. The van der Waals surface area contributed by atoms with Crippen molar-refractivity contribution in [2.45, 2.75) is 18.3 Å². The lowest BCUT2D eigenvalue weighted by molar-refractivity contribution is -0.245. The molecule has 9 nitrogen and oxygen atoms in total. The normalized spacial score (nSPS) is 14.5. The van der Waals surface area contributed by atoms with Gasteiger partial charge in [0.05, 0.1) is 32.1 Å². The minimum absolute atomic E-state index is 0.0710. The first kappa shape index (κ1) is 25.5. The number of hydrogen-bond acceptors (Lipinski definition) is 8. The molecule has 2 rings (SSSR count). The molecule has 178 valence electrons. The summed E-state index contributed by atoms with van der Waals surface area (Å²) in [5.41, 5.74) is 6.54. The number of nitrogens with one attached hydrogen (secondary N) is 1. The van der Waals surface area contributed by atoms with Gasteiger partial charge in [-0.25, -0.2) is 23.7 Å². The van der Waals surface area contributed by atoms with Crippen LogP contribution in [0.3, 0.4) is 0 Å². The standard InChI is InChI=1S/C19H19F5N6O3/c1-33-14(27-7-10-4-2-3-5-11(10)20)6-13(25)16-28-8-12(21)15(30-16)29-9-18(32,17(26)31)19(22,23)24/h2-6,8,32H,7,9,25H2,1H3,(H2,26,31)(H,28,29,30). The molecule has 1 aromatic heterocycles. The highest BCUT2D eigenvalue weighted by Gasteiger charge is 2.58. The maximum Gasteiger partial charge on any atom is 0.428 e. The lowest BCUT2D eigenvalue weighted by atomic mass is 10.0. The Morgan fingerprint density at radius 3 is 2.48 bits per heavy atom. The van der Waals surface area contributed by atoms with Crippen molar-refractivity contribution in [1.82, 2.24) is 9.97 Å². The van der Waals surface area contributed by atoms with Gasteiger partial charge < -0.3 is 26.6 Å². The molecule has 0 fully saturated rings. The second-order valence-electron chi connectivity index (χ2n) is 6.52. The van der Waals surface area contributed by atoms with Gasteiger partial charge in [-0.3, -0.25) is 4.79 Å². The second-order valence-corrected chi connectivity index (χ2v) is 6.52. The number of amides is 1. The van der Waals surface area contributed by atoms with E-state index in [1.807, 2.05) is 5.32 Å². The van der Waals surface area contributed by atoms with Gasteiger partial charge in [0.2, 0.25) is 5.90 Å². The van der Waals surface area contributed by atoms with Gasteiger partial charge in [0.15, 0.2) is 17.5 Å². The van der Waals surface area contributed by atoms with Crippen molar-refractivity contribution in [2.75, 3.05) is 19.0 Å². The number of nitrogens with zero attached hydrogens (tertiary/aromatic N) is 3. The van der Waals surface area contributed by atoms with E-state index in [4.69, 9.17) is 10.5 Å². The summed E-state index contributed by atoms with van der Waals surface area (Å²) in [5.74, 6) is -4.97. The molecule has 1 amide bonds. The number of ether oxygens (including phenoxy) is 1. The molecular formula is C19H19F5N6O3. The molecular weight excluding hydrogens is 455 g/mol.